The summed E-state index contributed by atoms with van der Waals surface area (Å²) >= 11 is 0. The normalized spacial score (nSPS) is 32.4. The van der Waals surface area contributed by atoms with Crippen LogP contribution in [0, 0.1) is 0 Å². The van der Waals surface area contributed by atoms with Crippen LogP contribution < -0.4 is 5.32 Å². The Morgan fingerprint density at radius 2 is 1.89 bits per heavy atom. The highest BCUT2D eigenvalue weighted by Crippen LogP contribution is 2.29. The largest absolute Gasteiger partial charge is 0.308 e. The molecule has 0 radical (unpaired) electrons. The van der Waals surface area contributed by atoms with Crippen molar-refractivity contribution in [2.45, 2.75) is 58.2 Å². The van der Waals surface area contributed by atoms with Crippen LogP contribution in [0.5, 0.6) is 0 Å². The molecule has 4 nitrogen and oxygen atoms in total. The highest BCUT2D eigenvalue weighted by atomic mass is 15.3. The summed E-state index contributed by atoms with van der Waals surface area (Å²) in [5.74, 6) is 0.919. The molecule has 2 rings (SSSR count). The molecule has 106 valence electrons. The summed E-state index contributed by atoms with van der Waals surface area (Å²) in [6, 6.07) is 1.87. The van der Waals surface area contributed by atoms with Crippen LogP contribution >= 0.6 is 0 Å². The second kappa shape index (κ2) is 5.55. The van der Waals surface area contributed by atoms with Gasteiger partial charge in [-0.2, -0.15) is 0 Å². The molecule has 1 aliphatic rings. The van der Waals surface area contributed by atoms with E-state index in [2.05, 4.69) is 47.9 Å². The summed E-state index contributed by atoms with van der Waals surface area (Å²) in [6.45, 7) is 12.1. The van der Waals surface area contributed by atoms with Gasteiger partial charge in [0.1, 0.15) is 5.82 Å². The Morgan fingerprint density at radius 3 is 2.47 bits per heavy atom. The Bertz CT molecular complexity index is 408. The predicted molar refractivity (Wildman–Crippen MR) is 77.8 cm³/mol. The Kier molecular flexibility index (Phi) is 4.21. The number of nitrogens with zero attached hydrogens (tertiary/aromatic N) is 3. The van der Waals surface area contributed by atoms with E-state index in [9.17, 15) is 0 Å². The third kappa shape index (κ3) is 3.12. The molecule has 1 N–H and O–H groups in total. The zero-order valence-electron chi connectivity index (χ0n) is 12.6. The zero-order valence-corrected chi connectivity index (χ0v) is 12.6. The molecule has 1 aromatic rings. The fourth-order valence-electron chi connectivity index (χ4n) is 2.60. The lowest BCUT2D eigenvalue weighted by atomic mass is 9.85. The summed E-state index contributed by atoms with van der Waals surface area (Å²) < 4.78 is 0. The van der Waals surface area contributed by atoms with Crippen molar-refractivity contribution in [2.24, 2.45) is 0 Å². The molecular formula is C15H26N4. The third-order valence-electron chi connectivity index (χ3n) is 4.69. The minimum atomic E-state index is 0.188. The molecular weight excluding hydrogens is 236 g/mol. The molecule has 2 heterocycles. The average molecular weight is 262 g/mol. The van der Waals surface area contributed by atoms with E-state index in [1.54, 1.807) is 0 Å². The van der Waals surface area contributed by atoms with Crippen molar-refractivity contribution in [1.29, 1.82) is 0 Å². The quantitative estimate of drug-likeness (QED) is 0.903. The summed E-state index contributed by atoms with van der Waals surface area (Å²) in [4.78, 5) is 11.3. The maximum absolute atomic E-state index is 4.37. The van der Waals surface area contributed by atoms with Crippen LogP contribution in [0.15, 0.2) is 18.5 Å². The highest BCUT2D eigenvalue weighted by molar-refractivity contribution is 5.02. The van der Waals surface area contributed by atoms with Crippen LogP contribution in [0.2, 0.25) is 0 Å². The van der Waals surface area contributed by atoms with E-state index < -0.39 is 0 Å². The molecule has 0 aliphatic carbocycles. The Morgan fingerprint density at radius 1 is 1.21 bits per heavy atom. The number of nitrogens with one attached hydrogen (secondary N) is 1. The van der Waals surface area contributed by atoms with E-state index in [1.807, 2.05) is 18.5 Å². The van der Waals surface area contributed by atoms with Crippen LogP contribution in [-0.2, 0) is 6.54 Å². The van der Waals surface area contributed by atoms with Gasteiger partial charge in [0.05, 0.1) is 6.54 Å². The molecule has 0 aromatic carbocycles. The lowest BCUT2D eigenvalue weighted by Crippen LogP contribution is -2.67. The second-order valence-electron chi connectivity index (χ2n) is 6.14. The Labute approximate surface area is 116 Å². The third-order valence-corrected chi connectivity index (χ3v) is 4.69. The molecule has 2 unspecified atom stereocenters. The van der Waals surface area contributed by atoms with Gasteiger partial charge in [0.2, 0.25) is 0 Å². The second-order valence-corrected chi connectivity index (χ2v) is 6.14. The first-order chi connectivity index (χ1) is 9.01. The van der Waals surface area contributed by atoms with Gasteiger partial charge in [0.15, 0.2) is 0 Å². The molecule has 0 amide bonds. The van der Waals surface area contributed by atoms with E-state index in [-0.39, 0.29) is 11.1 Å². The van der Waals surface area contributed by atoms with Crippen LogP contribution in [0.3, 0.4) is 0 Å². The molecule has 0 saturated carbocycles. The standard InChI is InChI=1S/C15H26N4/c1-5-14(3)12-19(15(4,6-2)11-18-14)10-13-16-8-7-9-17-13/h7-9,18H,5-6,10-12H2,1-4H3. The van der Waals surface area contributed by atoms with Gasteiger partial charge < -0.3 is 5.32 Å². The van der Waals surface area contributed by atoms with Gasteiger partial charge in [-0.1, -0.05) is 13.8 Å². The van der Waals surface area contributed by atoms with Crippen LogP contribution in [0.25, 0.3) is 0 Å². The Hall–Kier alpha value is -1.00. The smallest absolute Gasteiger partial charge is 0.142 e. The van der Waals surface area contributed by atoms with Crippen molar-refractivity contribution in [1.82, 2.24) is 20.2 Å². The molecule has 2 atom stereocenters. The number of rotatable bonds is 4. The molecule has 1 fully saturated rings. The molecule has 1 aromatic heterocycles. The van der Waals surface area contributed by atoms with Gasteiger partial charge in [-0.15, -0.1) is 0 Å². The van der Waals surface area contributed by atoms with Gasteiger partial charge in [0, 0.05) is 36.6 Å². The van der Waals surface area contributed by atoms with E-state index in [0.29, 0.717) is 0 Å². The summed E-state index contributed by atoms with van der Waals surface area (Å²) in [5, 5.41) is 3.72. The van der Waals surface area contributed by atoms with E-state index in [4.69, 9.17) is 0 Å². The van der Waals surface area contributed by atoms with Crippen molar-refractivity contribution in [3.8, 4) is 0 Å². The van der Waals surface area contributed by atoms with Gasteiger partial charge in [0.25, 0.3) is 0 Å². The average Bonchev–Trinajstić information content (AvgIpc) is 2.44. The van der Waals surface area contributed by atoms with Crippen molar-refractivity contribution >= 4 is 0 Å². The highest BCUT2D eigenvalue weighted by Gasteiger charge is 2.41. The maximum atomic E-state index is 4.37. The fraction of sp³-hybridized carbons (Fsp3) is 0.733. The van der Waals surface area contributed by atoms with Crippen molar-refractivity contribution < 1.29 is 0 Å². The SMILES string of the molecule is CCC1(C)CN(Cc2ncccn2)C(C)(CC)CN1. The molecule has 0 bridgehead atoms. The van der Waals surface area contributed by atoms with Gasteiger partial charge in [-0.25, -0.2) is 9.97 Å². The first kappa shape index (κ1) is 14.4. The van der Waals surface area contributed by atoms with Gasteiger partial charge in [-0.3, -0.25) is 4.90 Å². The molecule has 4 heteroatoms. The van der Waals surface area contributed by atoms with Crippen molar-refractivity contribution in [3.05, 3.63) is 24.3 Å². The Balaban J connectivity index is 2.17. The molecule has 1 saturated heterocycles. The topological polar surface area (TPSA) is 41.1 Å². The predicted octanol–water partition coefficient (Wildman–Crippen LogP) is 2.22. The van der Waals surface area contributed by atoms with E-state index in [0.717, 1.165) is 38.3 Å². The van der Waals surface area contributed by atoms with Gasteiger partial charge in [-0.05, 0) is 32.8 Å². The number of hydrogen-bond donors (Lipinski definition) is 1. The first-order valence-electron chi connectivity index (χ1n) is 7.27. The van der Waals surface area contributed by atoms with E-state index in [1.165, 1.54) is 0 Å². The molecule has 0 spiro atoms. The lowest BCUT2D eigenvalue weighted by Gasteiger charge is -2.51. The minimum Gasteiger partial charge on any atom is -0.308 e. The number of hydrogen-bond acceptors (Lipinski definition) is 4. The van der Waals surface area contributed by atoms with Crippen LogP contribution in [-0.4, -0.2) is 39.0 Å². The first-order valence-corrected chi connectivity index (χ1v) is 7.27. The summed E-state index contributed by atoms with van der Waals surface area (Å²) in [5.41, 5.74) is 0.386. The maximum Gasteiger partial charge on any atom is 0.142 e. The summed E-state index contributed by atoms with van der Waals surface area (Å²) in [7, 11) is 0. The van der Waals surface area contributed by atoms with Crippen molar-refractivity contribution in [2.75, 3.05) is 13.1 Å². The number of aromatic nitrogens is 2. The lowest BCUT2D eigenvalue weighted by molar-refractivity contribution is 0.00857. The fourth-order valence-corrected chi connectivity index (χ4v) is 2.60. The molecule has 19 heavy (non-hydrogen) atoms. The number of piperazine rings is 1. The zero-order chi connectivity index (χ0) is 13.9. The van der Waals surface area contributed by atoms with E-state index >= 15 is 0 Å². The minimum absolute atomic E-state index is 0.188. The van der Waals surface area contributed by atoms with Crippen molar-refractivity contribution in [3.63, 3.8) is 0 Å². The molecule has 1 aliphatic heterocycles. The monoisotopic (exact) mass is 262 g/mol. The van der Waals surface area contributed by atoms with Crippen LogP contribution in [0.1, 0.15) is 46.4 Å². The van der Waals surface area contributed by atoms with Crippen LogP contribution in [0.4, 0.5) is 0 Å². The summed E-state index contributed by atoms with van der Waals surface area (Å²) in [6.07, 6.45) is 5.92. The van der Waals surface area contributed by atoms with Gasteiger partial charge >= 0.3 is 0 Å².